The van der Waals surface area contributed by atoms with Crippen LogP contribution in [0.4, 0.5) is 0 Å². The number of amides is 1. The van der Waals surface area contributed by atoms with Gasteiger partial charge in [-0.25, -0.2) is 0 Å². The van der Waals surface area contributed by atoms with E-state index in [0.717, 1.165) is 26.0 Å². The van der Waals surface area contributed by atoms with Gasteiger partial charge in [0.15, 0.2) is 0 Å². The molecule has 21 heavy (non-hydrogen) atoms. The molecule has 0 bridgehead atoms. The zero-order valence-corrected chi connectivity index (χ0v) is 12.6. The summed E-state index contributed by atoms with van der Waals surface area (Å²) in [6.45, 7) is 2.19. The molecule has 1 saturated carbocycles. The minimum Gasteiger partial charge on any atom is -0.490 e. The third-order valence-corrected chi connectivity index (χ3v) is 4.14. The number of hydrogen-bond acceptors (Lipinski definition) is 3. The molecule has 4 heteroatoms. The van der Waals surface area contributed by atoms with Crippen molar-refractivity contribution in [1.29, 1.82) is 0 Å². The maximum atomic E-state index is 12.5. The summed E-state index contributed by atoms with van der Waals surface area (Å²) in [5, 5.41) is 0. The Hall–Kier alpha value is -1.55. The summed E-state index contributed by atoms with van der Waals surface area (Å²) < 4.78 is 11.4. The van der Waals surface area contributed by atoms with Crippen LogP contribution in [0.5, 0.6) is 5.75 Å². The fraction of sp³-hybridized carbons (Fsp3) is 0.588. The number of rotatable bonds is 6. The molecule has 2 aliphatic rings. The van der Waals surface area contributed by atoms with Gasteiger partial charge in [-0.1, -0.05) is 12.1 Å². The molecule has 0 N–H and O–H groups in total. The molecule has 1 unspecified atom stereocenters. The number of ether oxygens (including phenoxy) is 2. The zero-order valence-electron chi connectivity index (χ0n) is 12.6. The second kappa shape index (κ2) is 6.48. The van der Waals surface area contributed by atoms with Gasteiger partial charge >= 0.3 is 0 Å². The summed E-state index contributed by atoms with van der Waals surface area (Å²) >= 11 is 0. The molecule has 3 rings (SSSR count). The Labute approximate surface area is 126 Å². The summed E-state index contributed by atoms with van der Waals surface area (Å²) in [5.74, 6) is 1.41. The van der Waals surface area contributed by atoms with E-state index in [2.05, 4.69) is 0 Å². The van der Waals surface area contributed by atoms with E-state index in [1.54, 1.807) is 0 Å². The van der Waals surface area contributed by atoms with Gasteiger partial charge in [-0.2, -0.15) is 0 Å². The van der Waals surface area contributed by atoms with E-state index in [9.17, 15) is 4.79 Å². The molecule has 1 aromatic rings. The van der Waals surface area contributed by atoms with Gasteiger partial charge in [0, 0.05) is 20.2 Å². The van der Waals surface area contributed by atoms with Gasteiger partial charge in [0.1, 0.15) is 12.4 Å². The van der Waals surface area contributed by atoms with E-state index in [0.29, 0.717) is 23.8 Å². The van der Waals surface area contributed by atoms with Crippen LogP contribution in [0.2, 0.25) is 0 Å². The van der Waals surface area contributed by atoms with Gasteiger partial charge in [0.2, 0.25) is 0 Å². The van der Waals surface area contributed by atoms with Crippen molar-refractivity contribution in [3.8, 4) is 5.75 Å². The van der Waals surface area contributed by atoms with Crippen molar-refractivity contribution in [2.24, 2.45) is 5.92 Å². The van der Waals surface area contributed by atoms with Crippen molar-refractivity contribution < 1.29 is 14.3 Å². The Kier molecular flexibility index (Phi) is 4.44. The minimum absolute atomic E-state index is 0.0461. The topological polar surface area (TPSA) is 38.8 Å². The number of para-hydroxylation sites is 1. The van der Waals surface area contributed by atoms with Crippen molar-refractivity contribution in [2.45, 2.75) is 31.8 Å². The second-order valence-electron chi connectivity index (χ2n) is 6.07. The van der Waals surface area contributed by atoms with E-state index in [4.69, 9.17) is 9.47 Å². The highest BCUT2D eigenvalue weighted by Gasteiger charge is 2.26. The predicted octanol–water partition coefficient (Wildman–Crippen LogP) is 2.73. The summed E-state index contributed by atoms with van der Waals surface area (Å²) in [6.07, 6.45) is 4.79. The minimum atomic E-state index is 0.0461. The molecule has 1 saturated heterocycles. The van der Waals surface area contributed by atoms with Gasteiger partial charge in [0.25, 0.3) is 5.91 Å². The molecule has 1 aliphatic heterocycles. The highest BCUT2D eigenvalue weighted by atomic mass is 16.5. The largest absolute Gasteiger partial charge is 0.490 e. The van der Waals surface area contributed by atoms with Crippen molar-refractivity contribution in [3.05, 3.63) is 29.8 Å². The summed E-state index contributed by atoms with van der Waals surface area (Å²) in [4.78, 5) is 14.4. The van der Waals surface area contributed by atoms with Crippen LogP contribution in [0, 0.1) is 5.92 Å². The number of hydrogen-bond donors (Lipinski definition) is 0. The first kappa shape index (κ1) is 14.4. The highest BCUT2D eigenvalue weighted by molar-refractivity contribution is 5.96. The monoisotopic (exact) mass is 289 g/mol. The van der Waals surface area contributed by atoms with Crippen molar-refractivity contribution in [3.63, 3.8) is 0 Å². The second-order valence-corrected chi connectivity index (χ2v) is 6.07. The fourth-order valence-electron chi connectivity index (χ4n) is 2.70. The predicted molar refractivity (Wildman–Crippen MR) is 80.6 cm³/mol. The molecule has 1 atom stereocenters. The molecule has 2 fully saturated rings. The maximum absolute atomic E-state index is 12.5. The Morgan fingerprint density at radius 2 is 2.14 bits per heavy atom. The SMILES string of the molecule is CN(CC1CC1)C(=O)c1ccccc1OCC1CCCO1. The third kappa shape index (κ3) is 3.76. The van der Waals surface area contributed by atoms with Crippen LogP contribution in [0.1, 0.15) is 36.0 Å². The van der Waals surface area contributed by atoms with E-state index >= 15 is 0 Å². The van der Waals surface area contributed by atoms with Gasteiger partial charge < -0.3 is 14.4 Å². The van der Waals surface area contributed by atoms with Crippen molar-refractivity contribution >= 4 is 5.91 Å². The Bertz CT molecular complexity index is 493. The molecule has 1 heterocycles. The molecule has 1 amide bonds. The first-order chi connectivity index (χ1) is 10.2. The Balaban J connectivity index is 1.64. The van der Waals surface area contributed by atoms with E-state index in [1.807, 2.05) is 36.2 Å². The molecule has 0 radical (unpaired) electrons. The lowest BCUT2D eigenvalue weighted by Gasteiger charge is -2.19. The highest BCUT2D eigenvalue weighted by Crippen LogP contribution is 2.30. The molecule has 1 aliphatic carbocycles. The normalized spacial score (nSPS) is 21.3. The summed E-state index contributed by atoms with van der Waals surface area (Å²) in [5.41, 5.74) is 0.652. The molecule has 0 spiro atoms. The summed E-state index contributed by atoms with van der Waals surface area (Å²) in [7, 11) is 1.87. The molecular formula is C17H23NO3. The van der Waals surface area contributed by atoms with Gasteiger partial charge in [0.05, 0.1) is 11.7 Å². The first-order valence-corrected chi connectivity index (χ1v) is 7.83. The van der Waals surface area contributed by atoms with Crippen LogP contribution in [0.15, 0.2) is 24.3 Å². The molecule has 114 valence electrons. The van der Waals surface area contributed by atoms with Crippen LogP contribution >= 0.6 is 0 Å². The van der Waals surface area contributed by atoms with Crippen molar-refractivity contribution in [2.75, 3.05) is 26.8 Å². The lowest BCUT2D eigenvalue weighted by Crippen LogP contribution is -2.29. The molecular weight excluding hydrogens is 266 g/mol. The van der Waals surface area contributed by atoms with Gasteiger partial charge in [-0.3, -0.25) is 4.79 Å². The standard InChI is InChI=1S/C17H23NO3/c1-18(11-13-8-9-13)17(19)15-6-2-3-7-16(15)21-12-14-5-4-10-20-14/h2-3,6-7,13-14H,4-5,8-12H2,1H3. The zero-order chi connectivity index (χ0) is 14.7. The summed E-state index contributed by atoms with van der Waals surface area (Å²) in [6, 6.07) is 7.50. The van der Waals surface area contributed by atoms with Crippen LogP contribution in [0.25, 0.3) is 0 Å². The lowest BCUT2D eigenvalue weighted by molar-refractivity contribution is 0.0657. The number of carbonyl (C=O) groups is 1. The van der Waals surface area contributed by atoms with Gasteiger partial charge in [-0.05, 0) is 43.7 Å². The van der Waals surface area contributed by atoms with Crippen LogP contribution < -0.4 is 4.74 Å². The Morgan fingerprint density at radius 3 is 2.86 bits per heavy atom. The smallest absolute Gasteiger partial charge is 0.257 e. The van der Waals surface area contributed by atoms with Crippen molar-refractivity contribution in [1.82, 2.24) is 4.90 Å². The number of benzene rings is 1. The Morgan fingerprint density at radius 1 is 1.33 bits per heavy atom. The maximum Gasteiger partial charge on any atom is 0.257 e. The number of nitrogens with zero attached hydrogens (tertiary/aromatic N) is 1. The lowest BCUT2D eigenvalue weighted by atomic mass is 10.1. The van der Waals surface area contributed by atoms with Crippen LogP contribution in [0.3, 0.4) is 0 Å². The van der Waals surface area contributed by atoms with E-state index in [-0.39, 0.29) is 12.0 Å². The average Bonchev–Trinajstić information content (AvgIpc) is 3.16. The molecule has 0 aromatic heterocycles. The number of carbonyl (C=O) groups excluding carboxylic acids is 1. The van der Waals surface area contributed by atoms with Gasteiger partial charge in [-0.15, -0.1) is 0 Å². The first-order valence-electron chi connectivity index (χ1n) is 7.83. The van der Waals surface area contributed by atoms with E-state index < -0.39 is 0 Å². The quantitative estimate of drug-likeness (QED) is 0.808. The molecule has 4 nitrogen and oxygen atoms in total. The van der Waals surface area contributed by atoms with Crippen LogP contribution in [-0.2, 0) is 4.74 Å². The molecule has 1 aromatic carbocycles. The fourth-order valence-corrected chi connectivity index (χ4v) is 2.70. The van der Waals surface area contributed by atoms with E-state index in [1.165, 1.54) is 12.8 Å². The van der Waals surface area contributed by atoms with Crippen LogP contribution in [-0.4, -0.2) is 43.7 Å². The third-order valence-electron chi connectivity index (χ3n) is 4.14. The average molecular weight is 289 g/mol.